The lowest BCUT2D eigenvalue weighted by molar-refractivity contribution is 0.535. The molecule has 0 amide bonds. The van der Waals surface area contributed by atoms with Crippen molar-refractivity contribution in [3.8, 4) is 17.1 Å². The number of nitrogen functional groups attached to an aromatic ring is 1. The third-order valence-corrected chi connectivity index (χ3v) is 6.41. The van der Waals surface area contributed by atoms with Crippen LogP contribution >= 0.6 is 0 Å². The van der Waals surface area contributed by atoms with Crippen LogP contribution in [0.3, 0.4) is 0 Å². The number of benzene rings is 1. The molecule has 4 aromatic rings. The summed E-state index contributed by atoms with van der Waals surface area (Å²) in [6.45, 7) is 6.83. The summed E-state index contributed by atoms with van der Waals surface area (Å²) in [7, 11) is 0. The zero-order valence-corrected chi connectivity index (χ0v) is 21.4. The second kappa shape index (κ2) is 11.3. The molecule has 4 N–H and O–H groups in total. The molecule has 0 radical (unpaired) electrons. The van der Waals surface area contributed by atoms with E-state index in [9.17, 15) is 0 Å². The van der Waals surface area contributed by atoms with Gasteiger partial charge >= 0.3 is 0 Å². The van der Waals surface area contributed by atoms with Gasteiger partial charge in [-0.25, -0.2) is 15.0 Å². The fraction of sp³-hybridized carbons (Fsp3) is 0.233. The molecule has 37 heavy (non-hydrogen) atoms. The fourth-order valence-electron chi connectivity index (χ4n) is 4.58. The van der Waals surface area contributed by atoms with Crippen molar-refractivity contribution in [1.29, 1.82) is 0 Å². The van der Waals surface area contributed by atoms with Crippen molar-refractivity contribution < 1.29 is 0 Å². The van der Waals surface area contributed by atoms with Crippen molar-refractivity contribution in [1.82, 2.24) is 30.2 Å². The molecule has 0 aliphatic carbocycles. The molecule has 3 aromatic heterocycles. The van der Waals surface area contributed by atoms with Gasteiger partial charge in [0.15, 0.2) is 11.5 Å². The molecule has 0 spiro atoms. The first kappa shape index (κ1) is 24.6. The molecule has 4 heterocycles. The molecule has 0 bridgehead atoms. The SMILES string of the molecule is C/C=C\C(=C/CC)c1ccc2nc(-c3cccnc3N)n(-c3ccc(CNC4C=CCNC4)cc3)c2n1. The largest absolute Gasteiger partial charge is 0.383 e. The van der Waals surface area contributed by atoms with E-state index in [0.717, 1.165) is 65.6 Å². The van der Waals surface area contributed by atoms with Crippen molar-refractivity contribution in [2.45, 2.75) is 32.9 Å². The average Bonchev–Trinajstić information content (AvgIpc) is 3.31. The van der Waals surface area contributed by atoms with Crippen LogP contribution in [0.25, 0.3) is 33.8 Å². The third kappa shape index (κ3) is 5.38. The molecule has 7 nitrogen and oxygen atoms in total. The van der Waals surface area contributed by atoms with Gasteiger partial charge < -0.3 is 16.4 Å². The topological polar surface area (TPSA) is 93.7 Å². The Morgan fingerprint density at radius 1 is 1.16 bits per heavy atom. The van der Waals surface area contributed by atoms with E-state index in [4.69, 9.17) is 15.7 Å². The summed E-state index contributed by atoms with van der Waals surface area (Å²) in [6, 6.07) is 16.8. The van der Waals surface area contributed by atoms with Crippen LogP contribution in [-0.2, 0) is 6.54 Å². The number of allylic oxidation sites excluding steroid dienone is 4. The molecule has 1 unspecified atom stereocenters. The number of nitrogens with two attached hydrogens (primary N) is 1. The summed E-state index contributed by atoms with van der Waals surface area (Å²) in [4.78, 5) is 14.3. The molecular formula is C30H33N7. The smallest absolute Gasteiger partial charge is 0.165 e. The summed E-state index contributed by atoms with van der Waals surface area (Å²) < 4.78 is 2.08. The van der Waals surface area contributed by atoms with Crippen LogP contribution in [0.4, 0.5) is 5.82 Å². The highest BCUT2D eigenvalue weighted by Crippen LogP contribution is 2.31. The first-order chi connectivity index (χ1) is 18.2. The maximum atomic E-state index is 6.29. The average molecular weight is 492 g/mol. The van der Waals surface area contributed by atoms with Crippen LogP contribution in [0.15, 0.2) is 85.1 Å². The summed E-state index contributed by atoms with van der Waals surface area (Å²) in [5.41, 5.74) is 12.8. The predicted molar refractivity (Wildman–Crippen MR) is 152 cm³/mol. The zero-order chi connectivity index (χ0) is 25.6. The van der Waals surface area contributed by atoms with E-state index in [1.807, 2.05) is 37.3 Å². The number of aromatic nitrogens is 4. The van der Waals surface area contributed by atoms with Crippen LogP contribution in [0.5, 0.6) is 0 Å². The number of nitrogens with one attached hydrogen (secondary N) is 2. The molecule has 0 saturated carbocycles. The molecule has 188 valence electrons. The van der Waals surface area contributed by atoms with Gasteiger partial charge in [0.2, 0.25) is 0 Å². The summed E-state index contributed by atoms with van der Waals surface area (Å²) >= 11 is 0. The number of rotatable bonds is 8. The lowest BCUT2D eigenvalue weighted by atomic mass is 10.1. The quantitative estimate of drug-likeness (QED) is 0.236. The standard InChI is InChI=1S/C30H33N7/c1-3-7-22(8-4-2)26-15-16-27-30(35-26)37(29(36-27)25-10-6-18-33-28(25)31)24-13-11-21(12-14-24)19-34-23-9-5-17-32-20-23/h3,5-16,18,23,32,34H,4,17,19-20H2,1-2H3,(H2,31,33)/b7-3-,22-8+. The highest BCUT2D eigenvalue weighted by atomic mass is 15.1. The van der Waals surface area contributed by atoms with E-state index in [2.05, 4.69) is 75.7 Å². The van der Waals surface area contributed by atoms with Gasteiger partial charge in [-0.1, -0.05) is 49.4 Å². The van der Waals surface area contributed by atoms with Crippen molar-refractivity contribution >= 4 is 22.6 Å². The Morgan fingerprint density at radius 2 is 2.03 bits per heavy atom. The predicted octanol–water partition coefficient (Wildman–Crippen LogP) is 5.05. The molecular weight excluding hydrogens is 458 g/mol. The van der Waals surface area contributed by atoms with Crippen LogP contribution in [0.1, 0.15) is 31.5 Å². The number of anilines is 1. The van der Waals surface area contributed by atoms with E-state index >= 15 is 0 Å². The number of imidazole rings is 1. The Bertz CT molecular complexity index is 1460. The third-order valence-electron chi connectivity index (χ3n) is 6.41. The van der Waals surface area contributed by atoms with E-state index < -0.39 is 0 Å². The van der Waals surface area contributed by atoms with Gasteiger partial charge in [0.1, 0.15) is 11.3 Å². The zero-order valence-electron chi connectivity index (χ0n) is 21.4. The molecule has 1 aliphatic heterocycles. The summed E-state index contributed by atoms with van der Waals surface area (Å²) in [5, 5.41) is 6.97. The van der Waals surface area contributed by atoms with Crippen LogP contribution in [0.2, 0.25) is 0 Å². The monoisotopic (exact) mass is 491 g/mol. The van der Waals surface area contributed by atoms with Gasteiger partial charge in [0.05, 0.1) is 11.3 Å². The van der Waals surface area contributed by atoms with Gasteiger partial charge in [0, 0.05) is 37.6 Å². The van der Waals surface area contributed by atoms with Crippen molar-refractivity contribution in [3.05, 3.63) is 96.4 Å². The normalized spacial score (nSPS) is 16.2. The van der Waals surface area contributed by atoms with Crippen LogP contribution in [0, 0.1) is 0 Å². The van der Waals surface area contributed by atoms with Crippen molar-refractivity contribution in [3.63, 3.8) is 0 Å². The maximum absolute atomic E-state index is 6.29. The first-order valence-electron chi connectivity index (χ1n) is 12.8. The Labute approximate surface area is 217 Å². The highest BCUT2D eigenvalue weighted by molar-refractivity contribution is 5.85. The Kier molecular flexibility index (Phi) is 7.54. The van der Waals surface area contributed by atoms with Gasteiger partial charge in [0.25, 0.3) is 0 Å². The lowest BCUT2D eigenvalue weighted by Gasteiger charge is -2.19. The van der Waals surface area contributed by atoms with E-state index in [0.29, 0.717) is 11.9 Å². The van der Waals surface area contributed by atoms with Crippen molar-refractivity contribution in [2.24, 2.45) is 0 Å². The highest BCUT2D eigenvalue weighted by Gasteiger charge is 2.19. The Balaban J connectivity index is 1.58. The minimum Gasteiger partial charge on any atom is -0.383 e. The van der Waals surface area contributed by atoms with E-state index in [-0.39, 0.29) is 0 Å². The van der Waals surface area contributed by atoms with Gasteiger partial charge in [-0.2, -0.15) is 0 Å². The minimum absolute atomic E-state index is 0.344. The number of hydrogen-bond donors (Lipinski definition) is 3. The number of hydrogen-bond acceptors (Lipinski definition) is 6. The van der Waals surface area contributed by atoms with E-state index in [1.54, 1.807) is 6.20 Å². The lowest BCUT2D eigenvalue weighted by Crippen LogP contribution is -2.39. The number of pyridine rings is 2. The molecule has 7 heteroatoms. The van der Waals surface area contributed by atoms with Crippen molar-refractivity contribution in [2.75, 3.05) is 18.8 Å². The van der Waals surface area contributed by atoms with Gasteiger partial charge in [-0.05, 0) is 60.9 Å². The van der Waals surface area contributed by atoms with Crippen LogP contribution in [-0.4, -0.2) is 38.7 Å². The molecule has 1 aliphatic rings. The number of nitrogens with zero attached hydrogens (tertiary/aromatic N) is 4. The minimum atomic E-state index is 0.344. The van der Waals surface area contributed by atoms with Gasteiger partial charge in [-0.3, -0.25) is 4.57 Å². The molecule has 1 aromatic carbocycles. The molecule has 5 rings (SSSR count). The molecule has 0 fully saturated rings. The summed E-state index contributed by atoms with van der Waals surface area (Å²) in [6.07, 6.45) is 13.3. The first-order valence-corrected chi connectivity index (χ1v) is 12.8. The Hall–Kier alpha value is -4.07. The molecule has 1 atom stereocenters. The second-order valence-electron chi connectivity index (χ2n) is 9.05. The Morgan fingerprint density at radius 3 is 2.76 bits per heavy atom. The fourth-order valence-corrected chi connectivity index (χ4v) is 4.58. The summed E-state index contributed by atoms with van der Waals surface area (Å²) in [5.74, 6) is 1.16. The van der Waals surface area contributed by atoms with E-state index in [1.165, 1.54) is 5.56 Å². The maximum Gasteiger partial charge on any atom is 0.165 e. The van der Waals surface area contributed by atoms with Crippen LogP contribution < -0.4 is 16.4 Å². The number of fused-ring (bicyclic) bond motifs is 1. The molecule has 0 saturated heterocycles. The second-order valence-corrected chi connectivity index (χ2v) is 9.05. The van der Waals surface area contributed by atoms with Gasteiger partial charge in [-0.15, -0.1) is 0 Å².